The van der Waals surface area contributed by atoms with Crippen molar-refractivity contribution in [1.82, 2.24) is 9.78 Å². The lowest BCUT2D eigenvalue weighted by molar-refractivity contribution is -0.117. The average molecular weight is 308 g/mol. The molecule has 0 aliphatic carbocycles. The molecular weight excluding hydrogens is 298 g/mol. The van der Waals surface area contributed by atoms with Gasteiger partial charge in [0.15, 0.2) is 5.69 Å². The van der Waals surface area contributed by atoms with Gasteiger partial charge in [0.05, 0.1) is 10.7 Å². The van der Waals surface area contributed by atoms with Crippen LogP contribution in [-0.2, 0) is 11.3 Å². The van der Waals surface area contributed by atoms with Crippen LogP contribution in [0.4, 0.5) is 5.69 Å². The van der Waals surface area contributed by atoms with Crippen LogP contribution >= 0.6 is 11.6 Å². The summed E-state index contributed by atoms with van der Waals surface area (Å²) < 4.78 is 0.773. The van der Waals surface area contributed by atoms with Crippen LogP contribution in [0.5, 0.6) is 0 Å². The van der Waals surface area contributed by atoms with Crippen LogP contribution in [0.1, 0.15) is 10.5 Å². The highest BCUT2D eigenvalue weighted by Gasteiger charge is 2.11. The maximum atomic E-state index is 11.9. The minimum atomic E-state index is -1.28. The maximum absolute atomic E-state index is 11.9. The van der Waals surface area contributed by atoms with Gasteiger partial charge in [0.2, 0.25) is 5.91 Å². The zero-order valence-corrected chi connectivity index (χ0v) is 11.4. The number of carbonyl (C=O) groups excluding carboxylic acids is 1. The molecular formula is C13H10ClN3O4. The van der Waals surface area contributed by atoms with Crippen LogP contribution in [0.25, 0.3) is 0 Å². The van der Waals surface area contributed by atoms with Crippen molar-refractivity contribution in [2.75, 3.05) is 5.32 Å². The molecule has 0 bridgehead atoms. The molecule has 0 saturated heterocycles. The highest BCUT2D eigenvalue weighted by Crippen LogP contribution is 2.20. The number of para-hydroxylation sites is 1. The van der Waals surface area contributed by atoms with E-state index in [0.29, 0.717) is 10.7 Å². The first-order valence-electron chi connectivity index (χ1n) is 5.83. The Balaban J connectivity index is 2.17. The molecule has 21 heavy (non-hydrogen) atoms. The van der Waals surface area contributed by atoms with Gasteiger partial charge >= 0.3 is 5.97 Å². The zero-order chi connectivity index (χ0) is 15.4. The summed E-state index contributed by atoms with van der Waals surface area (Å²) in [5.74, 6) is -1.82. The fourth-order valence-corrected chi connectivity index (χ4v) is 1.75. The Morgan fingerprint density at radius 2 is 1.95 bits per heavy atom. The van der Waals surface area contributed by atoms with Crippen molar-refractivity contribution in [1.29, 1.82) is 0 Å². The van der Waals surface area contributed by atoms with Crippen LogP contribution in [-0.4, -0.2) is 26.8 Å². The molecule has 1 heterocycles. The predicted octanol–water partition coefficient (Wildman–Crippen LogP) is 1.23. The molecule has 0 aliphatic rings. The third kappa shape index (κ3) is 3.67. The van der Waals surface area contributed by atoms with Crippen molar-refractivity contribution in [3.8, 4) is 0 Å². The molecule has 1 aromatic heterocycles. The van der Waals surface area contributed by atoms with Crippen molar-refractivity contribution in [2.45, 2.75) is 6.54 Å². The van der Waals surface area contributed by atoms with Gasteiger partial charge in [0.25, 0.3) is 5.56 Å². The fraction of sp³-hybridized carbons (Fsp3) is 0.0769. The number of nitrogens with one attached hydrogen (secondary N) is 1. The molecule has 0 atom stereocenters. The third-order valence-corrected chi connectivity index (χ3v) is 2.86. The van der Waals surface area contributed by atoms with Gasteiger partial charge in [-0.05, 0) is 18.2 Å². The van der Waals surface area contributed by atoms with Gasteiger partial charge in [-0.1, -0.05) is 23.7 Å². The number of hydrogen-bond donors (Lipinski definition) is 2. The smallest absolute Gasteiger partial charge is 0.356 e. The number of nitrogens with zero attached hydrogens (tertiary/aromatic N) is 2. The molecule has 0 unspecified atom stereocenters. The Hall–Kier alpha value is -2.67. The largest absolute Gasteiger partial charge is 0.476 e. The van der Waals surface area contributed by atoms with Gasteiger partial charge in [0, 0.05) is 6.07 Å². The number of carbonyl (C=O) groups is 2. The standard InChI is InChI=1S/C13H10ClN3O4/c14-8-3-1-2-4-9(8)15-11(18)7-17-12(19)6-5-10(16-17)13(20)21/h1-6H,7H2,(H,15,18)(H,20,21). The third-order valence-electron chi connectivity index (χ3n) is 2.53. The van der Waals surface area contributed by atoms with Crippen LogP contribution in [0.15, 0.2) is 41.2 Å². The van der Waals surface area contributed by atoms with Gasteiger partial charge < -0.3 is 10.4 Å². The fourth-order valence-electron chi connectivity index (χ4n) is 1.56. The summed E-state index contributed by atoms with van der Waals surface area (Å²) in [7, 11) is 0. The van der Waals surface area contributed by atoms with Gasteiger partial charge in [0.1, 0.15) is 6.54 Å². The second kappa shape index (κ2) is 6.19. The quantitative estimate of drug-likeness (QED) is 0.884. The first-order chi connectivity index (χ1) is 9.97. The number of carboxylic acids is 1. The molecule has 7 nitrogen and oxygen atoms in total. The molecule has 2 aromatic rings. The number of rotatable bonds is 4. The van der Waals surface area contributed by atoms with Gasteiger partial charge in [-0.15, -0.1) is 0 Å². The van der Waals surface area contributed by atoms with E-state index in [1.54, 1.807) is 24.3 Å². The number of aromatic carboxylic acids is 1. The summed E-state index contributed by atoms with van der Waals surface area (Å²) in [5.41, 5.74) is -0.499. The normalized spacial score (nSPS) is 10.1. The van der Waals surface area contributed by atoms with E-state index in [1.165, 1.54) is 0 Å². The Morgan fingerprint density at radius 1 is 1.24 bits per heavy atom. The molecule has 0 radical (unpaired) electrons. The summed E-state index contributed by atoms with van der Waals surface area (Å²) in [6.45, 7) is -0.412. The Labute approximate surface area is 123 Å². The van der Waals surface area contributed by atoms with Crippen molar-refractivity contribution in [3.63, 3.8) is 0 Å². The monoisotopic (exact) mass is 307 g/mol. The van der Waals surface area contributed by atoms with Gasteiger partial charge in [-0.3, -0.25) is 9.59 Å². The average Bonchev–Trinajstić information content (AvgIpc) is 2.43. The number of halogens is 1. The van der Waals surface area contributed by atoms with E-state index < -0.39 is 24.0 Å². The summed E-state index contributed by atoms with van der Waals surface area (Å²) in [4.78, 5) is 34.2. The number of aromatic nitrogens is 2. The lowest BCUT2D eigenvalue weighted by Gasteiger charge is -2.08. The van der Waals surface area contributed by atoms with Crippen LogP contribution in [0.2, 0.25) is 5.02 Å². The second-order valence-electron chi connectivity index (χ2n) is 4.05. The first kappa shape index (κ1) is 14.7. The van der Waals surface area contributed by atoms with E-state index in [2.05, 4.69) is 10.4 Å². The molecule has 1 amide bonds. The molecule has 108 valence electrons. The van der Waals surface area contributed by atoms with E-state index in [1.807, 2.05) is 0 Å². The topological polar surface area (TPSA) is 101 Å². The van der Waals surface area contributed by atoms with E-state index in [-0.39, 0.29) is 5.69 Å². The van der Waals surface area contributed by atoms with Gasteiger partial charge in [-0.2, -0.15) is 5.10 Å². The lowest BCUT2D eigenvalue weighted by Crippen LogP contribution is -2.30. The molecule has 2 rings (SSSR count). The molecule has 0 aliphatic heterocycles. The molecule has 0 saturated carbocycles. The molecule has 2 N–H and O–H groups in total. The second-order valence-corrected chi connectivity index (χ2v) is 4.45. The maximum Gasteiger partial charge on any atom is 0.356 e. The van der Waals surface area contributed by atoms with Crippen LogP contribution in [0, 0.1) is 0 Å². The molecule has 8 heteroatoms. The van der Waals surface area contributed by atoms with E-state index in [4.69, 9.17) is 16.7 Å². The molecule has 0 fully saturated rings. The Kier molecular flexibility index (Phi) is 4.34. The number of hydrogen-bond acceptors (Lipinski definition) is 4. The van der Waals surface area contributed by atoms with Crippen molar-refractivity contribution in [3.05, 3.63) is 57.5 Å². The zero-order valence-electron chi connectivity index (χ0n) is 10.6. The minimum Gasteiger partial charge on any atom is -0.476 e. The van der Waals surface area contributed by atoms with Crippen LogP contribution in [0.3, 0.4) is 0 Å². The van der Waals surface area contributed by atoms with E-state index >= 15 is 0 Å². The number of amides is 1. The van der Waals surface area contributed by atoms with Crippen molar-refractivity contribution >= 4 is 29.2 Å². The Bertz CT molecular complexity index is 757. The van der Waals surface area contributed by atoms with Crippen molar-refractivity contribution < 1.29 is 14.7 Å². The van der Waals surface area contributed by atoms with Crippen molar-refractivity contribution in [2.24, 2.45) is 0 Å². The number of benzene rings is 1. The van der Waals surface area contributed by atoms with E-state index in [9.17, 15) is 14.4 Å². The van der Waals surface area contributed by atoms with Crippen LogP contribution < -0.4 is 10.9 Å². The summed E-state index contributed by atoms with van der Waals surface area (Å²) >= 11 is 5.89. The highest BCUT2D eigenvalue weighted by atomic mass is 35.5. The number of anilines is 1. The number of carboxylic acid groups (broad SMARTS) is 1. The summed E-state index contributed by atoms with van der Waals surface area (Å²) in [6, 6.07) is 8.72. The minimum absolute atomic E-state index is 0.319. The molecule has 1 aromatic carbocycles. The lowest BCUT2D eigenvalue weighted by atomic mass is 10.3. The summed E-state index contributed by atoms with van der Waals surface area (Å²) in [6.07, 6.45) is 0. The first-order valence-corrected chi connectivity index (χ1v) is 6.21. The van der Waals surface area contributed by atoms with Gasteiger partial charge in [-0.25, -0.2) is 9.48 Å². The SMILES string of the molecule is O=C(Cn1nc(C(=O)O)ccc1=O)Nc1ccccc1Cl. The summed E-state index contributed by atoms with van der Waals surface area (Å²) in [5, 5.41) is 15.3. The highest BCUT2D eigenvalue weighted by molar-refractivity contribution is 6.33. The molecule has 0 spiro atoms. The van der Waals surface area contributed by atoms with E-state index in [0.717, 1.165) is 16.8 Å². The predicted molar refractivity (Wildman–Crippen MR) is 75.5 cm³/mol. The Morgan fingerprint density at radius 3 is 2.62 bits per heavy atom.